The normalized spacial score (nSPS) is 18.8. The fraction of sp³-hybridized carbons (Fsp3) is 0.538. The lowest BCUT2D eigenvalue weighted by Gasteiger charge is -2.38. The molecule has 1 saturated heterocycles. The number of piperazine rings is 1. The number of furan rings is 1. The van der Waals surface area contributed by atoms with E-state index in [1.54, 1.807) is 11.0 Å². The van der Waals surface area contributed by atoms with Crippen LogP contribution in [-0.2, 0) is 0 Å². The Kier molecular flexibility index (Phi) is 5.24. The zero-order valence-corrected chi connectivity index (χ0v) is 13.4. The van der Waals surface area contributed by atoms with E-state index in [1.165, 1.54) is 6.26 Å². The number of amides is 1. The second-order valence-electron chi connectivity index (χ2n) is 4.89. The molecule has 1 atom stereocenters. The number of carbonyl (C=O) groups excluding carboxylic acids is 1. The summed E-state index contributed by atoms with van der Waals surface area (Å²) in [6, 6.07) is 1.57. The summed E-state index contributed by atoms with van der Waals surface area (Å²) in [5, 5.41) is 11.9. The SMILES string of the molecule is CCC(/C(N)=N/O)N1CCN(C(=O)c2ccoc2Br)CC1. The third-order valence-corrected chi connectivity index (χ3v) is 4.35. The van der Waals surface area contributed by atoms with E-state index >= 15 is 0 Å². The molecule has 1 unspecified atom stereocenters. The molecule has 0 spiro atoms. The topological polar surface area (TPSA) is 95.3 Å². The third-order valence-electron chi connectivity index (χ3n) is 3.73. The molecule has 0 saturated carbocycles. The molecule has 8 heteroatoms. The summed E-state index contributed by atoms with van der Waals surface area (Å²) in [6.07, 6.45) is 2.25. The van der Waals surface area contributed by atoms with E-state index in [0.29, 0.717) is 36.4 Å². The van der Waals surface area contributed by atoms with Crippen LogP contribution in [0.2, 0.25) is 0 Å². The Morgan fingerprint density at radius 1 is 1.52 bits per heavy atom. The van der Waals surface area contributed by atoms with E-state index in [-0.39, 0.29) is 17.8 Å². The van der Waals surface area contributed by atoms with Gasteiger partial charge in [-0.05, 0) is 28.4 Å². The number of oxime groups is 1. The number of carbonyl (C=O) groups is 1. The van der Waals surface area contributed by atoms with Crippen LogP contribution in [0.5, 0.6) is 0 Å². The molecule has 1 aliphatic heterocycles. The van der Waals surface area contributed by atoms with E-state index in [4.69, 9.17) is 15.4 Å². The summed E-state index contributed by atoms with van der Waals surface area (Å²) in [5.41, 5.74) is 6.24. The molecule has 116 valence electrons. The van der Waals surface area contributed by atoms with Crippen molar-refractivity contribution in [3.8, 4) is 0 Å². The van der Waals surface area contributed by atoms with E-state index in [1.807, 2.05) is 6.92 Å². The van der Waals surface area contributed by atoms with Gasteiger partial charge in [-0.3, -0.25) is 9.69 Å². The molecule has 3 N–H and O–H groups in total. The van der Waals surface area contributed by atoms with Crippen LogP contribution < -0.4 is 5.73 Å². The first kappa shape index (κ1) is 15.8. The minimum Gasteiger partial charge on any atom is -0.457 e. The molecule has 21 heavy (non-hydrogen) atoms. The zero-order valence-electron chi connectivity index (χ0n) is 11.8. The molecule has 2 rings (SSSR count). The van der Waals surface area contributed by atoms with Crippen molar-refractivity contribution < 1.29 is 14.4 Å². The molecule has 1 aromatic heterocycles. The van der Waals surface area contributed by atoms with Crippen molar-refractivity contribution in [2.45, 2.75) is 19.4 Å². The zero-order chi connectivity index (χ0) is 15.4. The number of amidine groups is 1. The number of hydrogen-bond donors (Lipinski definition) is 2. The van der Waals surface area contributed by atoms with Crippen molar-refractivity contribution in [3.63, 3.8) is 0 Å². The standard InChI is InChI=1S/C13H19BrN4O3/c1-2-10(12(15)16-20)17-4-6-18(7-5-17)13(19)9-3-8-21-11(9)14/h3,8,10,20H,2,4-7H2,1H3,(H2,15,16). The second kappa shape index (κ2) is 6.95. The average molecular weight is 359 g/mol. The van der Waals surface area contributed by atoms with Crippen molar-refractivity contribution in [1.82, 2.24) is 9.80 Å². The first-order chi connectivity index (χ1) is 10.1. The van der Waals surface area contributed by atoms with Gasteiger partial charge in [0.15, 0.2) is 10.5 Å². The molecule has 0 bridgehead atoms. The lowest BCUT2D eigenvalue weighted by molar-refractivity contribution is 0.0606. The molecule has 1 aliphatic rings. The van der Waals surface area contributed by atoms with Gasteiger partial charge in [0.25, 0.3) is 5.91 Å². The molecule has 1 fully saturated rings. The molecule has 1 aromatic rings. The number of nitrogens with two attached hydrogens (primary N) is 1. The first-order valence-corrected chi connectivity index (χ1v) is 7.61. The molecule has 0 aliphatic carbocycles. The van der Waals surface area contributed by atoms with Crippen molar-refractivity contribution >= 4 is 27.7 Å². The summed E-state index contributed by atoms with van der Waals surface area (Å²) in [7, 11) is 0. The van der Waals surface area contributed by atoms with Gasteiger partial charge < -0.3 is 20.3 Å². The average Bonchev–Trinajstić information content (AvgIpc) is 2.94. The Bertz CT molecular complexity index is 523. The van der Waals surface area contributed by atoms with Crippen LogP contribution in [-0.4, -0.2) is 59.0 Å². The fourth-order valence-electron chi connectivity index (χ4n) is 2.57. The van der Waals surface area contributed by atoms with Crippen LogP contribution in [0.1, 0.15) is 23.7 Å². The van der Waals surface area contributed by atoms with Gasteiger partial charge in [0, 0.05) is 26.2 Å². The summed E-state index contributed by atoms with van der Waals surface area (Å²) < 4.78 is 5.55. The van der Waals surface area contributed by atoms with Crippen molar-refractivity contribution in [2.75, 3.05) is 26.2 Å². The monoisotopic (exact) mass is 358 g/mol. The van der Waals surface area contributed by atoms with Crippen LogP contribution >= 0.6 is 15.9 Å². The van der Waals surface area contributed by atoms with Gasteiger partial charge >= 0.3 is 0 Å². The molecule has 1 amide bonds. The Hall–Kier alpha value is -1.54. The highest BCUT2D eigenvalue weighted by molar-refractivity contribution is 9.10. The Morgan fingerprint density at radius 2 is 2.19 bits per heavy atom. The highest BCUT2D eigenvalue weighted by Gasteiger charge is 2.28. The largest absolute Gasteiger partial charge is 0.457 e. The van der Waals surface area contributed by atoms with Crippen LogP contribution in [0.25, 0.3) is 0 Å². The van der Waals surface area contributed by atoms with Gasteiger partial charge in [0.2, 0.25) is 0 Å². The van der Waals surface area contributed by atoms with Crippen molar-refractivity contribution in [1.29, 1.82) is 0 Å². The predicted molar refractivity (Wildman–Crippen MR) is 81.4 cm³/mol. The second-order valence-corrected chi connectivity index (χ2v) is 5.61. The van der Waals surface area contributed by atoms with E-state index in [2.05, 4.69) is 26.0 Å². The summed E-state index contributed by atoms with van der Waals surface area (Å²) in [5.74, 6) is 0.168. The quantitative estimate of drug-likeness (QED) is 0.366. The number of halogens is 1. The van der Waals surface area contributed by atoms with Crippen molar-refractivity contribution in [3.05, 3.63) is 22.6 Å². The van der Waals surface area contributed by atoms with E-state index in [9.17, 15) is 4.79 Å². The molecule has 0 aromatic carbocycles. The van der Waals surface area contributed by atoms with Gasteiger partial charge in [0.05, 0.1) is 17.9 Å². The fourth-order valence-corrected chi connectivity index (χ4v) is 2.98. The van der Waals surface area contributed by atoms with Gasteiger partial charge in [-0.2, -0.15) is 0 Å². The summed E-state index contributed by atoms with van der Waals surface area (Å²) >= 11 is 3.22. The highest BCUT2D eigenvalue weighted by Crippen LogP contribution is 2.20. The van der Waals surface area contributed by atoms with Crippen LogP contribution in [0.4, 0.5) is 0 Å². The molecule has 7 nitrogen and oxygen atoms in total. The smallest absolute Gasteiger partial charge is 0.258 e. The van der Waals surface area contributed by atoms with E-state index < -0.39 is 0 Å². The molecular weight excluding hydrogens is 340 g/mol. The Balaban J connectivity index is 1.97. The van der Waals surface area contributed by atoms with Crippen LogP contribution in [0.3, 0.4) is 0 Å². The highest BCUT2D eigenvalue weighted by atomic mass is 79.9. The summed E-state index contributed by atoms with van der Waals surface area (Å²) in [4.78, 5) is 16.3. The number of nitrogens with zero attached hydrogens (tertiary/aromatic N) is 3. The van der Waals surface area contributed by atoms with Gasteiger partial charge in [-0.15, -0.1) is 0 Å². The number of rotatable bonds is 4. The lowest BCUT2D eigenvalue weighted by atomic mass is 10.1. The Morgan fingerprint density at radius 3 is 2.67 bits per heavy atom. The lowest BCUT2D eigenvalue weighted by Crippen LogP contribution is -2.55. The maximum Gasteiger partial charge on any atom is 0.258 e. The third kappa shape index (κ3) is 3.38. The molecule has 0 radical (unpaired) electrons. The first-order valence-electron chi connectivity index (χ1n) is 6.82. The maximum absolute atomic E-state index is 12.3. The predicted octanol–water partition coefficient (Wildman–Crippen LogP) is 1.32. The van der Waals surface area contributed by atoms with Crippen molar-refractivity contribution in [2.24, 2.45) is 10.9 Å². The van der Waals surface area contributed by atoms with Gasteiger partial charge in [-0.25, -0.2) is 0 Å². The van der Waals surface area contributed by atoms with E-state index in [0.717, 1.165) is 6.42 Å². The summed E-state index contributed by atoms with van der Waals surface area (Å²) in [6.45, 7) is 4.58. The Labute approximate surface area is 131 Å². The van der Waals surface area contributed by atoms with Gasteiger partial charge in [-0.1, -0.05) is 12.1 Å². The maximum atomic E-state index is 12.3. The molecule has 2 heterocycles. The number of hydrogen-bond acceptors (Lipinski definition) is 5. The van der Waals surface area contributed by atoms with Crippen LogP contribution in [0, 0.1) is 0 Å². The molecular formula is C13H19BrN4O3. The minimum atomic E-state index is -0.0899. The van der Waals surface area contributed by atoms with Gasteiger partial charge in [0.1, 0.15) is 0 Å². The van der Waals surface area contributed by atoms with Crippen LogP contribution in [0.15, 0.2) is 26.6 Å². The minimum absolute atomic E-state index is 0.0490.